The highest BCUT2D eigenvalue weighted by molar-refractivity contribution is 7.92. The normalized spacial score (nSPS) is 15.3. The molecule has 4 rings (SSSR count). The van der Waals surface area contributed by atoms with Gasteiger partial charge in [-0.15, -0.1) is 0 Å². The molecule has 1 N–H and O–H groups in total. The third-order valence-corrected chi connectivity index (χ3v) is 8.89. The molecule has 1 atom stereocenters. The fourth-order valence-electron chi connectivity index (χ4n) is 3.84. The molecule has 0 aliphatic heterocycles. The second-order valence-corrected chi connectivity index (χ2v) is 11.2. The molecular weight excluding hydrogens is 513 g/mol. The SMILES string of the molecule is O=C(Nc1ncc(F)s1)C(Oc1ccc(F)cc1F)c1cccc(Cl)c1S(=O)(=O)C1CCCC1. The standard InChI is InChI=1S/C22H18ClF3N2O4S2/c23-15-7-3-6-14(20(15)34(30,31)13-4-1-2-5-13)19(21(29)28-22-27-11-18(26)33-22)32-17-9-8-12(24)10-16(17)25/h3,6-11,13,19H,1-2,4-5H2,(H,27,28,29). The highest BCUT2D eigenvalue weighted by atomic mass is 35.5. The molecule has 1 heterocycles. The first-order chi connectivity index (χ1) is 16.2. The number of ether oxygens (including phenoxy) is 1. The van der Waals surface area contributed by atoms with Gasteiger partial charge >= 0.3 is 0 Å². The number of aromatic nitrogens is 1. The van der Waals surface area contributed by atoms with Crippen LogP contribution in [0.4, 0.5) is 18.3 Å². The van der Waals surface area contributed by atoms with E-state index in [1.807, 2.05) is 0 Å². The van der Waals surface area contributed by atoms with E-state index in [1.54, 1.807) is 0 Å². The average molecular weight is 531 g/mol. The summed E-state index contributed by atoms with van der Waals surface area (Å²) in [5, 5.41) is 0.765. The number of amides is 1. The molecule has 1 aliphatic rings. The molecule has 0 radical (unpaired) electrons. The van der Waals surface area contributed by atoms with Crippen molar-refractivity contribution in [2.45, 2.75) is 41.9 Å². The van der Waals surface area contributed by atoms with Gasteiger partial charge < -0.3 is 4.74 Å². The van der Waals surface area contributed by atoms with Gasteiger partial charge in [0.1, 0.15) is 5.82 Å². The van der Waals surface area contributed by atoms with Crippen molar-refractivity contribution in [3.63, 3.8) is 0 Å². The van der Waals surface area contributed by atoms with Gasteiger partial charge in [0.15, 0.2) is 31.7 Å². The maximum Gasteiger partial charge on any atom is 0.272 e. The summed E-state index contributed by atoms with van der Waals surface area (Å²) >= 11 is 6.85. The van der Waals surface area contributed by atoms with E-state index in [0.29, 0.717) is 30.2 Å². The van der Waals surface area contributed by atoms with Crippen LogP contribution in [0.3, 0.4) is 0 Å². The number of rotatable bonds is 7. The van der Waals surface area contributed by atoms with Crippen molar-refractivity contribution in [2.24, 2.45) is 0 Å². The zero-order chi connectivity index (χ0) is 24.5. The number of nitrogens with zero attached hydrogens (tertiary/aromatic N) is 1. The zero-order valence-electron chi connectivity index (χ0n) is 17.4. The van der Waals surface area contributed by atoms with Crippen molar-refractivity contribution in [3.05, 3.63) is 69.9 Å². The predicted octanol–water partition coefficient (Wildman–Crippen LogP) is 5.69. The summed E-state index contributed by atoms with van der Waals surface area (Å²) in [6.07, 6.45) is 1.52. The van der Waals surface area contributed by atoms with E-state index >= 15 is 0 Å². The molecule has 1 fully saturated rings. The molecule has 2 aromatic carbocycles. The number of nitrogens with one attached hydrogen (secondary N) is 1. The second kappa shape index (κ2) is 9.93. The van der Waals surface area contributed by atoms with Crippen LogP contribution in [-0.4, -0.2) is 24.6 Å². The molecule has 0 spiro atoms. The van der Waals surface area contributed by atoms with E-state index in [9.17, 15) is 26.4 Å². The zero-order valence-corrected chi connectivity index (χ0v) is 19.8. The van der Waals surface area contributed by atoms with Gasteiger partial charge in [0, 0.05) is 11.6 Å². The maximum atomic E-state index is 14.4. The van der Waals surface area contributed by atoms with Gasteiger partial charge in [0.2, 0.25) is 6.10 Å². The van der Waals surface area contributed by atoms with E-state index in [1.165, 1.54) is 18.2 Å². The van der Waals surface area contributed by atoms with Crippen LogP contribution in [-0.2, 0) is 14.6 Å². The minimum atomic E-state index is -3.98. The first kappa shape index (κ1) is 24.5. The summed E-state index contributed by atoms with van der Waals surface area (Å²) < 4.78 is 73.7. The lowest BCUT2D eigenvalue weighted by Gasteiger charge is -2.23. The highest BCUT2D eigenvalue weighted by Gasteiger charge is 2.38. The van der Waals surface area contributed by atoms with E-state index in [2.05, 4.69) is 10.3 Å². The van der Waals surface area contributed by atoms with Crippen molar-refractivity contribution in [2.75, 3.05) is 5.32 Å². The number of carbonyl (C=O) groups is 1. The molecule has 1 amide bonds. The quantitative estimate of drug-likeness (QED) is 0.424. The third-order valence-electron chi connectivity index (χ3n) is 5.39. The van der Waals surface area contributed by atoms with Gasteiger partial charge in [0.05, 0.1) is 21.4 Å². The summed E-state index contributed by atoms with van der Waals surface area (Å²) in [7, 11) is -3.98. The number of carbonyl (C=O) groups excluding carboxylic acids is 1. The maximum absolute atomic E-state index is 14.4. The predicted molar refractivity (Wildman–Crippen MR) is 121 cm³/mol. The molecule has 6 nitrogen and oxygen atoms in total. The van der Waals surface area contributed by atoms with Crippen LogP contribution >= 0.6 is 22.9 Å². The minimum absolute atomic E-state index is 0.113. The lowest BCUT2D eigenvalue weighted by Crippen LogP contribution is -2.29. The van der Waals surface area contributed by atoms with Gasteiger partial charge in [-0.1, -0.05) is 47.9 Å². The van der Waals surface area contributed by atoms with Gasteiger partial charge in [-0.2, -0.15) is 4.39 Å². The summed E-state index contributed by atoms with van der Waals surface area (Å²) in [5.41, 5.74) is -0.127. The number of halogens is 4. The molecule has 3 aromatic rings. The fraction of sp³-hybridized carbons (Fsp3) is 0.273. The van der Waals surface area contributed by atoms with Gasteiger partial charge in [-0.05, 0) is 31.0 Å². The third kappa shape index (κ3) is 5.06. The lowest BCUT2D eigenvalue weighted by molar-refractivity contribution is -0.123. The first-order valence-corrected chi connectivity index (χ1v) is 13.0. The molecule has 0 saturated heterocycles. The average Bonchev–Trinajstić information content (AvgIpc) is 3.45. The van der Waals surface area contributed by atoms with Crippen LogP contribution in [0.15, 0.2) is 47.5 Å². The summed E-state index contributed by atoms with van der Waals surface area (Å²) in [5.74, 6) is -3.39. The molecule has 1 unspecified atom stereocenters. The number of benzene rings is 2. The molecule has 180 valence electrons. The molecule has 34 heavy (non-hydrogen) atoms. The number of sulfone groups is 1. The summed E-state index contributed by atoms with van der Waals surface area (Å²) in [6.45, 7) is 0. The molecule has 1 saturated carbocycles. The van der Waals surface area contributed by atoms with Crippen molar-refractivity contribution < 1.29 is 31.1 Å². The Morgan fingerprint density at radius 1 is 1.18 bits per heavy atom. The highest BCUT2D eigenvalue weighted by Crippen LogP contribution is 2.39. The van der Waals surface area contributed by atoms with E-state index in [0.717, 1.165) is 31.2 Å². The first-order valence-electron chi connectivity index (χ1n) is 10.2. The minimum Gasteiger partial charge on any atom is -0.473 e. The number of thiazole rings is 1. The molecule has 12 heteroatoms. The number of anilines is 1. The van der Waals surface area contributed by atoms with Gasteiger partial charge in [-0.3, -0.25) is 10.1 Å². The van der Waals surface area contributed by atoms with Crippen molar-refractivity contribution in [1.82, 2.24) is 4.98 Å². The molecule has 0 bridgehead atoms. The van der Waals surface area contributed by atoms with Crippen LogP contribution in [0.5, 0.6) is 5.75 Å². The van der Waals surface area contributed by atoms with Crippen LogP contribution in [0, 0.1) is 16.8 Å². The molecular formula is C22H18ClF3N2O4S2. The van der Waals surface area contributed by atoms with Crippen molar-refractivity contribution in [1.29, 1.82) is 0 Å². The largest absolute Gasteiger partial charge is 0.473 e. The number of hydrogen-bond acceptors (Lipinski definition) is 6. The van der Waals surface area contributed by atoms with Crippen LogP contribution in [0.2, 0.25) is 5.02 Å². The Labute approximate surface area is 202 Å². The van der Waals surface area contributed by atoms with Crippen LogP contribution in [0.25, 0.3) is 0 Å². The van der Waals surface area contributed by atoms with Crippen molar-refractivity contribution in [3.8, 4) is 5.75 Å². The van der Waals surface area contributed by atoms with E-state index in [-0.39, 0.29) is 20.6 Å². The second-order valence-electron chi connectivity index (χ2n) is 7.64. The van der Waals surface area contributed by atoms with Gasteiger partial charge in [-0.25, -0.2) is 22.2 Å². The summed E-state index contributed by atoms with van der Waals surface area (Å²) in [4.78, 5) is 16.6. The monoisotopic (exact) mass is 530 g/mol. The Bertz CT molecular complexity index is 1330. The lowest BCUT2D eigenvalue weighted by atomic mass is 10.1. The van der Waals surface area contributed by atoms with E-state index in [4.69, 9.17) is 16.3 Å². The van der Waals surface area contributed by atoms with Crippen LogP contribution < -0.4 is 10.1 Å². The van der Waals surface area contributed by atoms with Crippen LogP contribution in [0.1, 0.15) is 37.4 Å². The topological polar surface area (TPSA) is 85.4 Å². The van der Waals surface area contributed by atoms with E-state index < -0.39 is 49.6 Å². The Balaban J connectivity index is 1.81. The smallest absolute Gasteiger partial charge is 0.272 e. The molecule has 1 aromatic heterocycles. The Hall–Kier alpha value is -2.63. The summed E-state index contributed by atoms with van der Waals surface area (Å²) in [6, 6.07) is 6.60. The fourth-order valence-corrected chi connectivity index (χ4v) is 7.02. The van der Waals surface area contributed by atoms with Crippen molar-refractivity contribution >= 4 is 43.8 Å². The molecule has 1 aliphatic carbocycles. The number of hydrogen-bond donors (Lipinski definition) is 1. The Morgan fingerprint density at radius 3 is 2.56 bits per heavy atom. The Morgan fingerprint density at radius 2 is 1.91 bits per heavy atom. The Kier molecular flexibility index (Phi) is 7.15. The van der Waals surface area contributed by atoms with Gasteiger partial charge in [0.25, 0.3) is 5.91 Å².